The number of rotatable bonds is 4. The van der Waals surface area contributed by atoms with Crippen LogP contribution in [0.2, 0.25) is 0 Å². The molecule has 0 aliphatic heterocycles. The summed E-state index contributed by atoms with van der Waals surface area (Å²) in [7, 11) is 1.32. The van der Waals surface area contributed by atoms with Crippen LogP contribution >= 0.6 is 11.6 Å². The number of nitrogens with zero attached hydrogens (tertiary/aromatic N) is 1. The third-order valence-electron chi connectivity index (χ3n) is 1.94. The highest BCUT2D eigenvalue weighted by molar-refractivity contribution is 6.17. The fraction of sp³-hybridized carbons (Fsp3) is 0.444. The molecule has 17 heavy (non-hydrogen) atoms. The Morgan fingerprint density at radius 1 is 1.41 bits per heavy atom. The van der Waals surface area contributed by atoms with Crippen LogP contribution in [0, 0.1) is 0 Å². The van der Waals surface area contributed by atoms with Crippen molar-refractivity contribution in [3.63, 3.8) is 0 Å². The molecule has 1 heterocycles. The van der Waals surface area contributed by atoms with Crippen molar-refractivity contribution in [1.29, 1.82) is 0 Å². The molecular weight excluding hydrogens is 263 g/mol. The highest BCUT2D eigenvalue weighted by Gasteiger charge is 2.33. The summed E-state index contributed by atoms with van der Waals surface area (Å²) in [6.45, 7) is -0.683. The van der Waals surface area contributed by atoms with E-state index in [1.165, 1.54) is 7.11 Å². The van der Waals surface area contributed by atoms with Gasteiger partial charge in [-0.3, -0.25) is 0 Å². The van der Waals surface area contributed by atoms with Crippen LogP contribution in [-0.2, 0) is 12.5 Å². The standard InChI is InChI=1S/C9H9ClF3NO3/c1-16-7-3-14-8(17-9(11,12)13)6(4-15)5(7)2-10/h3,15H,2,4H2,1H3. The number of alkyl halides is 4. The van der Waals surface area contributed by atoms with E-state index < -0.39 is 18.8 Å². The van der Waals surface area contributed by atoms with E-state index in [9.17, 15) is 13.2 Å². The summed E-state index contributed by atoms with van der Waals surface area (Å²) >= 11 is 5.58. The smallest absolute Gasteiger partial charge is 0.495 e. The monoisotopic (exact) mass is 271 g/mol. The number of aliphatic hydroxyl groups excluding tert-OH is 1. The molecule has 0 unspecified atom stereocenters. The molecule has 0 saturated carbocycles. The number of hydrogen-bond donors (Lipinski definition) is 1. The molecule has 0 fully saturated rings. The Kier molecular flexibility index (Phi) is 4.41. The molecule has 8 heteroatoms. The second-order valence-electron chi connectivity index (χ2n) is 2.93. The fourth-order valence-electron chi connectivity index (χ4n) is 1.23. The van der Waals surface area contributed by atoms with Crippen molar-refractivity contribution < 1.29 is 27.8 Å². The molecule has 0 aliphatic rings. The zero-order valence-corrected chi connectivity index (χ0v) is 9.47. The second kappa shape index (κ2) is 5.42. The third kappa shape index (κ3) is 3.37. The third-order valence-corrected chi connectivity index (χ3v) is 2.21. The topological polar surface area (TPSA) is 51.6 Å². The van der Waals surface area contributed by atoms with Crippen molar-refractivity contribution >= 4 is 11.6 Å². The number of hydrogen-bond acceptors (Lipinski definition) is 4. The lowest BCUT2D eigenvalue weighted by Gasteiger charge is -2.15. The van der Waals surface area contributed by atoms with E-state index in [0.717, 1.165) is 6.20 Å². The minimum atomic E-state index is -4.88. The largest absolute Gasteiger partial charge is 0.574 e. The number of halogens is 4. The zero-order chi connectivity index (χ0) is 13.1. The van der Waals surface area contributed by atoms with Gasteiger partial charge in [0.05, 0.1) is 25.8 Å². The summed E-state index contributed by atoms with van der Waals surface area (Å²) in [4.78, 5) is 3.43. The molecule has 0 amide bonds. The van der Waals surface area contributed by atoms with Crippen molar-refractivity contribution in [2.24, 2.45) is 0 Å². The minimum Gasteiger partial charge on any atom is -0.495 e. The van der Waals surface area contributed by atoms with Crippen LogP contribution < -0.4 is 9.47 Å². The first-order valence-electron chi connectivity index (χ1n) is 4.40. The van der Waals surface area contributed by atoms with Crippen LogP contribution in [0.15, 0.2) is 6.20 Å². The second-order valence-corrected chi connectivity index (χ2v) is 3.20. The van der Waals surface area contributed by atoms with Gasteiger partial charge < -0.3 is 14.6 Å². The van der Waals surface area contributed by atoms with E-state index in [-0.39, 0.29) is 22.8 Å². The Morgan fingerprint density at radius 3 is 2.47 bits per heavy atom. The summed E-state index contributed by atoms with van der Waals surface area (Å²) in [5.41, 5.74) is 0.0718. The Bertz CT molecular complexity index is 398. The summed E-state index contributed by atoms with van der Waals surface area (Å²) in [6.07, 6.45) is -3.83. The zero-order valence-electron chi connectivity index (χ0n) is 8.71. The first-order chi connectivity index (χ1) is 7.92. The van der Waals surface area contributed by atoms with Crippen LogP contribution in [0.1, 0.15) is 11.1 Å². The Labute approximate surface area is 99.9 Å². The molecule has 1 aromatic heterocycles. The van der Waals surface area contributed by atoms with Crippen molar-refractivity contribution in [3.8, 4) is 11.6 Å². The van der Waals surface area contributed by atoms with E-state index in [1.807, 2.05) is 0 Å². The first kappa shape index (κ1) is 13.9. The van der Waals surface area contributed by atoms with E-state index >= 15 is 0 Å². The molecular formula is C9H9ClF3NO3. The lowest BCUT2D eigenvalue weighted by atomic mass is 10.1. The molecule has 0 atom stereocenters. The van der Waals surface area contributed by atoms with Gasteiger partial charge in [-0.1, -0.05) is 0 Å². The molecule has 4 nitrogen and oxygen atoms in total. The maximum Gasteiger partial charge on any atom is 0.574 e. The molecule has 0 aliphatic carbocycles. The number of aliphatic hydroxyl groups is 1. The van der Waals surface area contributed by atoms with Crippen LogP contribution in [0.4, 0.5) is 13.2 Å². The molecule has 1 N–H and O–H groups in total. The van der Waals surface area contributed by atoms with Gasteiger partial charge in [-0.15, -0.1) is 24.8 Å². The van der Waals surface area contributed by atoms with Crippen molar-refractivity contribution in [1.82, 2.24) is 4.98 Å². The Hall–Kier alpha value is -1.21. The van der Waals surface area contributed by atoms with E-state index in [2.05, 4.69) is 9.72 Å². The van der Waals surface area contributed by atoms with Gasteiger partial charge >= 0.3 is 6.36 Å². The Morgan fingerprint density at radius 2 is 2.06 bits per heavy atom. The summed E-state index contributed by atoms with van der Waals surface area (Å²) in [6, 6.07) is 0. The van der Waals surface area contributed by atoms with Crippen LogP contribution in [0.3, 0.4) is 0 Å². The highest BCUT2D eigenvalue weighted by Crippen LogP contribution is 2.32. The van der Waals surface area contributed by atoms with Gasteiger partial charge in [0.25, 0.3) is 0 Å². The van der Waals surface area contributed by atoms with Crippen molar-refractivity contribution in [3.05, 3.63) is 17.3 Å². The van der Waals surface area contributed by atoms with Gasteiger partial charge in [0.2, 0.25) is 5.88 Å². The molecule has 0 bridgehead atoms. The molecule has 0 saturated heterocycles. The molecule has 0 aromatic carbocycles. The molecule has 1 rings (SSSR count). The molecule has 0 spiro atoms. The lowest BCUT2D eigenvalue weighted by molar-refractivity contribution is -0.276. The quantitative estimate of drug-likeness (QED) is 0.853. The van der Waals surface area contributed by atoms with Crippen molar-refractivity contribution in [2.75, 3.05) is 7.11 Å². The summed E-state index contributed by atoms with van der Waals surface area (Å²) in [5.74, 6) is -0.662. The average molecular weight is 272 g/mol. The van der Waals surface area contributed by atoms with E-state index in [0.29, 0.717) is 0 Å². The SMILES string of the molecule is COc1cnc(OC(F)(F)F)c(CO)c1CCl. The van der Waals surface area contributed by atoms with Gasteiger partial charge in [-0.25, -0.2) is 4.98 Å². The first-order valence-corrected chi connectivity index (χ1v) is 4.93. The number of ether oxygens (including phenoxy) is 2. The maximum atomic E-state index is 12.1. The molecule has 96 valence electrons. The van der Waals surface area contributed by atoms with Crippen molar-refractivity contribution in [2.45, 2.75) is 18.8 Å². The van der Waals surface area contributed by atoms with Gasteiger partial charge in [0, 0.05) is 11.1 Å². The molecule has 0 radical (unpaired) electrons. The van der Waals surface area contributed by atoms with E-state index in [1.54, 1.807) is 0 Å². The van der Waals surface area contributed by atoms with E-state index in [4.69, 9.17) is 21.4 Å². The molecule has 1 aromatic rings. The van der Waals surface area contributed by atoms with Gasteiger partial charge in [-0.2, -0.15) is 0 Å². The Balaban J connectivity index is 3.23. The normalized spacial score (nSPS) is 11.4. The number of pyridine rings is 1. The minimum absolute atomic E-state index is 0.129. The fourth-order valence-corrected chi connectivity index (χ4v) is 1.53. The highest BCUT2D eigenvalue weighted by atomic mass is 35.5. The van der Waals surface area contributed by atoms with Crippen LogP contribution in [0.25, 0.3) is 0 Å². The lowest BCUT2D eigenvalue weighted by Crippen LogP contribution is -2.19. The van der Waals surface area contributed by atoms with Crippen LogP contribution in [-0.4, -0.2) is 23.6 Å². The number of methoxy groups -OCH3 is 1. The van der Waals surface area contributed by atoms with Gasteiger partial charge in [0.15, 0.2) is 0 Å². The predicted molar refractivity (Wildman–Crippen MR) is 53.0 cm³/mol. The van der Waals surface area contributed by atoms with Crippen LogP contribution in [0.5, 0.6) is 11.6 Å². The van der Waals surface area contributed by atoms with Gasteiger partial charge in [0.1, 0.15) is 5.75 Å². The maximum absolute atomic E-state index is 12.1. The summed E-state index contributed by atoms with van der Waals surface area (Å²) in [5, 5.41) is 9.05. The summed E-state index contributed by atoms with van der Waals surface area (Å²) < 4.78 is 44.8. The average Bonchev–Trinajstić information content (AvgIpc) is 2.26. The number of aromatic nitrogens is 1. The predicted octanol–water partition coefficient (Wildman–Crippen LogP) is 2.22. The van der Waals surface area contributed by atoms with Gasteiger partial charge in [-0.05, 0) is 0 Å².